The van der Waals surface area contributed by atoms with Gasteiger partial charge in [-0.2, -0.15) is 0 Å². The molecule has 0 atom stereocenters. The Labute approximate surface area is 73.4 Å². The van der Waals surface area contributed by atoms with E-state index in [1.54, 1.807) is 0 Å². The maximum Gasteiger partial charge on any atom is 0.327 e. The van der Waals surface area contributed by atoms with Gasteiger partial charge in [0.1, 0.15) is 6.10 Å². The van der Waals surface area contributed by atoms with Gasteiger partial charge in [-0.15, -0.1) is 0 Å². The van der Waals surface area contributed by atoms with Crippen LogP contribution in [-0.2, 0) is 27.3 Å². The molecule has 0 aliphatic carbocycles. The number of hydrogen-bond donors (Lipinski definition) is 0. The van der Waals surface area contributed by atoms with Crippen molar-refractivity contribution in [1.82, 2.24) is 0 Å². The molecule has 0 N–H and O–H groups in total. The fraction of sp³-hybridized carbons (Fsp3) is 1.00. The van der Waals surface area contributed by atoms with Crippen molar-refractivity contribution >= 4 is 26.1 Å². The lowest BCUT2D eigenvalue weighted by Gasteiger charge is -2.07. The first kappa shape index (κ1) is 12.2. The van der Waals surface area contributed by atoms with Gasteiger partial charge in [0.2, 0.25) is 0 Å². The summed E-state index contributed by atoms with van der Waals surface area (Å²) in [5.74, 6) is 0. The molecule has 0 aliphatic heterocycles. The van der Waals surface area contributed by atoms with Gasteiger partial charge in [0.05, 0.1) is 13.2 Å². The van der Waals surface area contributed by atoms with Crippen molar-refractivity contribution < 1.29 is 27.3 Å². The number of rotatable bonds is 8. The minimum absolute atomic E-state index is 0.0458. The summed E-state index contributed by atoms with van der Waals surface area (Å²) in [7, 11) is -1.53. The molecule has 68 valence electrons. The molecular weight excluding hydrogens is 225 g/mol. The Morgan fingerprint density at radius 3 is 1.75 bits per heavy atom. The molecule has 0 aromatic carbocycles. The van der Waals surface area contributed by atoms with Crippen LogP contribution in [0.4, 0.5) is 0 Å². The largest absolute Gasteiger partial charge is 0.327 e. The van der Waals surface area contributed by atoms with Crippen LogP contribution in [0.15, 0.2) is 0 Å². The van der Waals surface area contributed by atoms with Crippen molar-refractivity contribution in [3.8, 4) is 0 Å². The summed E-state index contributed by atoms with van der Waals surface area (Å²) in [4.78, 5) is 0. The van der Waals surface area contributed by atoms with E-state index in [0.717, 1.165) is 0 Å². The summed E-state index contributed by atoms with van der Waals surface area (Å²) < 4.78 is 42.9. The van der Waals surface area contributed by atoms with Gasteiger partial charge in [-0.05, 0) is 0 Å². The molecule has 6 nitrogen and oxygen atoms in total. The van der Waals surface area contributed by atoms with Gasteiger partial charge in [0.25, 0.3) is 0 Å². The molecule has 0 aromatic heterocycles. The van der Waals surface area contributed by atoms with Crippen LogP contribution < -0.4 is 0 Å². The Morgan fingerprint density at radius 1 is 0.917 bits per heavy atom. The van der Waals surface area contributed by atoms with Gasteiger partial charge >= 0.3 is 26.1 Å². The van der Waals surface area contributed by atoms with Crippen LogP contribution in [0.2, 0.25) is 0 Å². The molecule has 0 saturated heterocycles. The quantitative estimate of drug-likeness (QED) is 0.593. The Hall–Kier alpha value is 0.180. The van der Waals surface area contributed by atoms with Gasteiger partial charge in [-0.3, -0.25) is 13.6 Å². The summed E-state index contributed by atoms with van der Waals surface area (Å²) >= 11 is 0. The maximum absolute atomic E-state index is 9.94. The molecular formula is C3H5O6P3. The van der Waals surface area contributed by atoms with Gasteiger partial charge in [0.15, 0.2) is 0 Å². The van der Waals surface area contributed by atoms with Crippen molar-refractivity contribution in [2.45, 2.75) is 6.10 Å². The third-order valence-electron chi connectivity index (χ3n) is 0.818. The van der Waals surface area contributed by atoms with Crippen LogP contribution in [-0.4, -0.2) is 19.3 Å². The molecule has 0 saturated carbocycles. The predicted molar refractivity (Wildman–Crippen MR) is 39.6 cm³/mol. The van der Waals surface area contributed by atoms with Gasteiger partial charge in [-0.1, -0.05) is 0 Å². The second kappa shape index (κ2) is 9.27. The summed E-state index contributed by atoms with van der Waals surface area (Å²) in [6, 6.07) is 0. The van der Waals surface area contributed by atoms with Crippen LogP contribution in [0.5, 0.6) is 0 Å². The highest BCUT2D eigenvalue weighted by Crippen LogP contribution is 2.09. The molecule has 0 radical (unpaired) electrons. The van der Waals surface area contributed by atoms with Crippen molar-refractivity contribution in [2.24, 2.45) is 0 Å². The smallest absolute Gasteiger partial charge is 0.292 e. The lowest BCUT2D eigenvalue weighted by molar-refractivity contribution is 0.102. The van der Waals surface area contributed by atoms with E-state index in [1.165, 1.54) is 0 Å². The van der Waals surface area contributed by atoms with E-state index in [1.807, 2.05) is 0 Å². The van der Waals surface area contributed by atoms with Gasteiger partial charge in [0, 0.05) is 0 Å². The van der Waals surface area contributed by atoms with E-state index in [4.69, 9.17) is 0 Å². The van der Waals surface area contributed by atoms with Crippen LogP contribution in [0.3, 0.4) is 0 Å². The molecule has 0 bridgehead atoms. The molecule has 0 aromatic rings. The Balaban J connectivity index is 3.59. The van der Waals surface area contributed by atoms with Crippen LogP contribution in [0, 0.1) is 0 Å². The minimum Gasteiger partial charge on any atom is -0.292 e. The Morgan fingerprint density at radius 2 is 1.42 bits per heavy atom. The first-order chi connectivity index (χ1) is 5.85. The predicted octanol–water partition coefficient (Wildman–Crippen LogP) is 2.02. The highest BCUT2D eigenvalue weighted by molar-refractivity contribution is 7.17. The summed E-state index contributed by atoms with van der Waals surface area (Å²) in [5, 5.41) is 0. The number of hydrogen-bond acceptors (Lipinski definition) is 6. The van der Waals surface area contributed by atoms with E-state index >= 15 is 0 Å². The average Bonchev–Trinajstić information content (AvgIpc) is 2.10. The third-order valence-corrected chi connectivity index (χ3v) is 1.71. The van der Waals surface area contributed by atoms with Gasteiger partial charge in [-0.25, -0.2) is 13.7 Å². The molecule has 0 spiro atoms. The molecule has 9 heteroatoms. The summed E-state index contributed by atoms with van der Waals surface area (Å²) in [6.45, 7) is -0.0916. The second-order valence-electron chi connectivity index (χ2n) is 1.54. The molecule has 0 fully saturated rings. The zero-order valence-electron chi connectivity index (χ0n) is 5.78. The fourth-order valence-corrected chi connectivity index (χ4v) is 1.09. The van der Waals surface area contributed by atoms with Crippen molar-refractivity contribution in [2.75, 3.05) is 13.2 Å². The summed E-state index contributed by atoms with van der Waals surface area (Å²) in [5.41, 5.74) is 0. The van der Waals surface area contributed by atoms with Crippen LogP contribution in [0.25, 0.3) is 0 Å². The highest BCUT2D eigenvalue weighted by atomic mass is 31.1. The molecule has 0 unspecified atom stereocenters. The normalized spacial score (nSPS) is 14.0. The third kappa shape index (κ3) is 6.86. The monoisotopic (exact) mass is 230 g/mol. The van der Waals surface area contributed by atoms with E-state index < -0.39 is 32.2 Å². The van der Waals surface area contributed by atoms with Crippen molar-refractivity contribution in [3.05, 3.63) is 0 Å². The Bertz CT molecular complexity index is 139. The zero-order valence-corrected chi connectivity index (χ0v) is 8.47. The van der Waals surface area contributed by atoms with Gasteiger partial charge < -0.3 is 0 Å². The lowest BCUT2D eigenvalue weighted by Crippen LogP contribution is -2.19. The standard InChI is InChI=1S/C3H5O6P3/c4-10-7-1-3(9-12-6)2-8-11-5/h3H,1-2H2. The Kier molecular flexibility index (Phi) is 9.41. The average molecular weight is 230 g/mol. The van der Waals surface area contributed by atoms with E-state index in [2.05, 4.69) is 13.6 Å². The lowest BCUT2D eigenvalue weighted by atomic mass is 10.4. The zero-order chi connectivity index (χ0) is 9.23. The molecule has 0 heterocycles. The first-order valence-electron chi connectivity index (χ1n) is 2.72. The molecule has 12 heavy (non-hydrogen) atoms. The van der Waals surface area contributed by atoms with E-state index in [0.29, 0.717) is 0 Å². The molecule has 0 amide bonds. The fourth-order valence-electron chi connectivity index (χ4n) is 0.397. The van der Waals surface area contributed by atoms with E-state index in [9.17, 15) is 13.7 Å². The minimum atomic E-state index is -0.646. The van der Waals surface area contributed by atoms with E-state index in [-0.39, 0.29) is 13.2 Å². The van der Waals surface area contributed by atoms with Crippen LogP contribution >= 0.6 is 26.1 Å². The second-order valence-corrected chi connectivity index (χ2v) is 2.72. The van der Waals surface area contributed by atoms with Crippen LogP contribution in [0.1, 0.15) is 0 Å². The molecule has 0 rings (SSSR count). The topological polar surface area (TPSA) is 78.9 Å². The van der Waals surface area contributed by atoms with Crippen molar-refractivity contribution in [1.29, 1.82) is 0 Å². The molecule has 0 aliphatic rings. The maximum atomic E-state index is 9.94. The summed E-state index contributed by atoms with van der Waals surface area (Å²) in [6.07, 6.45) is -0.646. The highest BCUT2D eigenvalue weighted by Gasteiger charge is 2.10. The SMILES string of the molecule is O=POCC(COP=O)OP=O. The van der Waals surface area contributed by atoms with Crippen molar-refractivity contribution in [3.63, 3.8) is 0 Å². The first-order valence-corrected chi connectivity index (χ1v) is 4.92.